The number of rotatable bonds is 14. The number of hydrogen-bond acceptors (Lipinski definition) is 8. The fraction of sp³-hybridized carbons (Fsp3) is 0.447. The molecule has 53 heavy (non-hydrogen) atoms. The van der Waals surface area contributed by atoms with E-state index in [9.17, 15) is 33.9 Å². The van der Waals surface area contributed by atoms with Gasteiger partial charge < -0.3 is 30.3 Å². The van der Waals surface area contributed by atoms with Crippen molar-refractivity contribution in [1.82, 2.24) is 30.2 Å². The van der Waals surface area contributed by atoms with Crippen molar-refractivity contribution in [3.63, 3.8) is 0 Å². The number of piperidine rings is 1. The van der Waals surface area contributed by atoms with E-state index in [1.807, 2.05) is 6.07 Å². The van der Waals surface area contributed by atoms with E-state index in [0.29, 0.717) is 48.5 Å². The molecule has 6 rings (SSSR count). The average Bonchev–Trinajstić information content (AvgIpc) is 3.82. The minimum Gasteiger partial charge on any atom is -0.481 e. The van der Waals surface area contributed by atoms with Crippen molar-refractivity contribution >= 4 is 47.0 Å². The lowest BCUT2D eigenvalue weighted by Crippen LogP contribution is -2.51. The van der Waals surface area contributed by atoms with Crippen LogP contribution in [0.5, 0.6) is 5.88 Å². The number of carbonyl (C=O) groups excluding carboxylic acids is 5. The van der Waals surface area contributed by atoms with Gasteiger partial charge in [0.15, 0.2) is 18.1 Å². The van der Waals surface area contributed by atoms with Crippen LogP contribution in [0.25, 0.3) is 5.69 Å². The topological polar surface area (TPSA) is 180 Å². The molecule has 0 bridgehead atoms. The van der Waals surface area contributed by atoms with Crippen LogP contribution < -0.4 is 15.4 Å². The number of likely N-dealkylation sites (tertiary alicyclic amines) is 2. The molecule has 15 heteroatoms. The molecule has 280 valence electrons. The average molecular weight is 747 g/mol. The van der Waals surface area contributed by atoms with Crippen LogP contribution in [0.1, 0.15) is 78.6 Å². The number of ether oxygens (including phenoxy) is 1. The first kappa shape index (κ1) is 37.5. The van der Waals surface area contributed by atoms with Crippen LogP contribution in [-0.2, 0) is 19.2 Å². The van der Waals surface area contributed by atoms with Crippen molar-refractivity contribution < 1.29 is 38.6 Å². The predicted octanol–water partition coefficient (Wildman–Crippen LogP) is 3.65. The number of carbonyl (C=O) groups is 6. The van der Waals surface area contributed by atoms with Crippen molar-refractivity contribution in [2.24, 2.45) is 5.92 Å². The first-order chi connectivity index (χ1) is 25.6. The van der Waals surface area contributed by atoms with Crippen molar-refractivity contribution in [3.8, 4) is 11.6 Å². The molecule has 3 fully saturated rings. The number of aromatic nitrogens is 2. The van der Waals surface area contributed by atoms with Crippen molar-refractivity contribution in [2.75, 3.05) is 26.2 Å². The molecule has 2 saturated heterocycles. The number of benzene rings is 2. The Balaban J connectivity index is 1.12. The zero-order valence-corrected chi connectivity index (χ0v) is 30.0. The third-order valence-electron chi connectivity index (χ3n) is 10.1. The van der Waals surface area contributed by atoms with E-state index in [1.165, 1.54) is 20.5 Å². The number of carboxylic acids is 1. The van der Waals surface area contributed by atoms with Crippen molar-refractivity contribution in [1.29, 1.82) is 0 Å². The highest BCUT2D eigenvalue weighted by Gasteiger charge is 2.36. The lowest BCUT2D eigenvalue weighted by atomic mass is 9.88. The van der Waals surface area contributed by atoms with Gasteiger partial charge in [-0.15, -0.1) is 0 Å². The van der Waals surface area contributed by atoms with E-state index in [-0.39, 0.29) is 67.1 Å². The van der Waals surface area contributed by atoms with Gasteiger partial charge in [-0.3, -0.25) is 28.8 Å². The number of ketones is 1. The Morgan fingerprint density at radius 3 is 2.34 bits per heavy atom. The SMILES string of the molecule is O=C(O)CCC(NC(=O)c1cc(OCC(=O)N2CCCC2C(=O)NC2CCC2)n(-c2ccccc2)n1)C(=O)N1CCC(C(=O)c2cccc(Cl)c2)CC1. The number of carboxylic acid groups (broad SMARTS) is 1. The molecule has 1 aromatic heterocycles. The molecular formula is C38H43ClN6O8. The van der Waals surface area contributed by atoms with Gasteiger partial charge in [0.1, 0.15) is 12.1 Å². The number of Topliss-reactive ketones (excluding diaryl/α,β-unsaturated/α-hetero) is 1. The van der Waals surface area contributed by atoms with Crippen LogP contribution in [0.3, 0.4) is 0 Å². The lowest BCUT2D eigenvalue weighted by Gasteiger charge is -2.34. The zero-order valence-electron chi connectivity index (χ0n) is 29.2. The Morgan fingerprint density at radius 1 is 0.906 bits per heavy atom. The lowest BCUT2D eigenvalue weighted by molar-refractivity contribution is -0.140. The summed E-state index contributed by atoms with van der Waals surface area (Å²) in [6.45, 7) is 0.536. The Labute approximate surface area is 311 Å². The van der Waals surface area contributed by atoms with Crippen LogP contribution in [0, 0.1) is 5.92 Å². The maximum Gasteiger partial charge on any atom is 0.303 e. The van der Waals surface area contributed by atoms with Gasteiger partial charge in [0.05, 0.1) is 5.69 Å². The summed E-state index contributed by atoms with van der Waals surface area (Å²) >= 11 is 6.07. The van der Waals surface area contributed by atoms with E-state index < -0.39 is 36.5 Å². The van der Waals surface area contributed by atoms with Gasteiger partial charge >= 0.3 is 5.97 Å². The van der Waals surface area contributed by atoms with Gasteiger partial charge in [0.2, 0.25) is 17.7 Å². The second kappa shape index (κ2) is 17.1. The predicted molar refractivity (Wildman–Crippen MR) is 193 cm³/mol. The molecule has 3 aromatic rings. The number of para-hydroxylation sites is 1. The summed E-state index contributed by atoms with van der Waals surface area (Å²) in [6, 6.07) is 15.3. The molecule has 1 aliphatic carbocycles. The van der Waals surface area contributed by atoms with Gasteiger partial charge in [-0.25, -0.2) is 4.68 Å². The van der Waals surface area contributed by atoms with Crippen LogP contribution >= 0.6 is 11.6 Å². The van der Waals surface area contributed by atoms with E-state index in [1.54, 1.807) is 48.5 Å². The van der Waals surface area contributed by atoms with Gasteiger partial charge in [-0.2, -0.15) is 5.10 Å². The standard InChI is InChI=1S/C38H43ClN6O8/c39-26-8-4-7-25(21-26)35(49)24-16-19-43(20-17-24)38(52)29(14-15-34(47)48)41-36(50)30-22-33(45(42-30)28-11-2-1-3-12-28)53-23-32(46)44-18-6-13-31(44)37(51)40-27-9-5-10-27/h1-4,7-8,11-12,21-22,24,27,29,31H,5-6,9-10,13-20,23H2,(H,40,51)(H,41,50)(H,47,48). The quantitative estimate of drug-likeness (QED) is 0.208. The first-order valence-electron chi connectivity index (χ1n) is 18.1. The summed E-state index contributed by atoms with van der Waals surface area (Å²) in [5, 5.41) is 20.0. The molecule has 0 radical (unpaired) electrons. The van der Waals surface area contributed by atoms with E-state index in [4.69, 9.17) is 16.3 Å². The Bertz CT molecular complexity index is 1840. The highest BCUT2D eigenvalue weighted by atomic mass is 35.5. The molecule has 14 nitrogen and oxygen atoms in total. The number of nitrogens with one attached hydrogen (secondary N) is 2. The molecule has 2 atom stereocenters. The summed E-state index contributed by atoms with van der Waals surface area (Å²) in [6.07, 6.45) is 4.50. The maximum absolute atomic E-state index is 13.7. The smallest absolute Gasteiger partial charge is 0.303 e. The molecular weight excluding hydrogens is 704 g/mol. The summed E-state index contributed by atoms with van der Waals surface area (Å²) in [5.41, 5.74) is 0.930. The van der Waals surface area contributed by atoms with Crippen LogP contribution in [0.2, 0.25) is 5.02 Å². The Morgan fingerprint density at radius 2 is 1.66 bits per heavy atom. The normalized spacial score (nSPS) is 18.2. The highest BCUT2D eigenvalue weighted by Crippen LogP contribution is 2.26. The van der Waals surface area contributed by atoms with Gasteiger partial charge in [-0.05, 0) is 75.6 Å². The zero-order chi connectivity index (χ0) is 37.5. The fourth-order valence-corrected chi connectivity index (χ4v) is 7.15. The van der Waals surface area contributed by atoms with E-state index in [0.717, 1.165) is 19.3 Å². The van der Waals surface area contributed by atoms with Crippen LogP contribution in [0.15, 0.2) is 60.7 Å². The summed E-state index contributed by atoms with van der Waals surface area (Å²) in [7, 11) is 0. The molecule has 3 aliphatic rings. The second-order valence-corrected chi connectivity index (χ2v) is 14.2. The largest absolute Gasteiger partial charge is 0.481 e. The number of hydrogen-bond donors (Lipinski definition) is 3. The molecule has 3 N–H and O–H groups in total. The molecule has 2 aromatic carbocycles. The third-order valence-corrected chi connectivity index (χ3v) is 10.4. The molecule has 3 heterocycles. The monoisotopic (exact) mass is 746 g/mol. The molecule has 2 unspecified atom stereocenters. The molecule has 1 saturated carbocycles. The van der Waals surface area contributed by atoms with Gasteiger partial charge in [0, 0.05) is 54.7 Å². The van der Waals surface area contributed by atoms with Crippen LogP contribution in [-0.4, -0.2) is 104 Å². The number of aliphatic carboxylic acids is 1. The minimum absolute atomic E-state index is 0.0567. The van der Waals surface area contributed by atoms with E-state index in [2.05, 4.69) is 15.7 Å². The third kappa shape index (κ3) is 9.23. The Hall–Kier alpha value is -5.24. The Kier molecular flexibility index (Phi) is 12.1. The second-order valence-electron chi connectivity index (χ2n) is 13.7. The minimum atomic E-state index is -1.18. The molecule has 4 amide bonds. The summed E-state index contributed by atoms with van der Waals surface area (Å²) in [4.78, 5) is 81.3. The highest BCUT2D eigenvalue weighted by molar-refractivity contribution is 6.31. The summed E-state index contributed by atoms with van der Waals surface area (Å²) in [5.74, 6) is -3.13. The van der Waals surface area contributed by atoms with Crippen LogP contribution in [0.4, 0.5) is 0 Å². The van der Waals surface area contributed by atoms with Crippen molar-refractivity contribution in [3.05, 3.63) is 76.9 Å². The number of amides is 4. The fourth-order valence-electron chi connectivity index (χ4n) is 6.96. The molecule has 2 aliphatic heterocycles. The van der Waals surface area contributed by atoms with Crippen molar-refractivity contribution in [2.45, 2.75) is 75.9 Å². The summed E-state index contributed by atoms with van der Waals surface area (Å²) < 4.78 is 7.31. The van der Waals surface area contributed by atoms with Gasteiger partial charge in [-0.1, -0.05) is 41.9 Å². The van der Waals surface area contributed by atoms with Gasteiger partial charge in [0.25, 0.3) is 11.8 Å². The molecule has 0 spiro atoms. The maximum atomic E-state index is 13.7. The number of nitrogens with zero attached hydrogens (tertiary/aromatic N) is 4. The first-order valence-corrected chi connectivity index (χ1v) is 18.4. The number of halogens is 1. The van der Waals surface area contributed by atoms with E-state index >= 15 is 0 Å².